The number of sulfone groups is 1. The standard InChI is InChI=1S/C16H25NO2S/c1-14(2)17-11-8-15(9-12-17)10-13-20(18,19)16-6-4-3-5-7-16/h3-7,14-15H,8-13H2,1-2H3. The van der Waals surface area contributed by atoms with Crippen molar-refractivity contribution < 1.29 is 8.42 Å². The van der Waals surface area contributed by atoms with E-state index in [2.05, 4.69) is 18.7 Å². The molecule has 0 spiro atoms. The number of likely N-dealkylation sites (tertiary alicyclic amines) is 1. The van der Waals surface area contributed by atoms with Crippen molar-refractivity contribution in [2.45, 2.75) is 44.0 Å². The molecule has 0 unspecified atom stereocenters. The highest BCUT2D eigenvalue weighted by atomic mass is 32.2. The second kappa shape index (κ2) is 6.72. The molecule has 1 aromatic carbocycles. The Kier molecular flexibility index (Phi) is 5.22. The van der Waals surface area contributed by atoms with Gasteiger partial charge in [0.2, 0.25) is 0 Å². The van der Waals surface area contributed by atoms with Crippen molar-refractivity contribution >= 4 is 9.84 Å². The zero-order chi connectivity index (χ0) is 14.6. The maximum absolute atomic E-state index is 12.2. The van der Waals surface area contributed by atoms with E-state index in [9.17, 15) is 8.42 Å². The van der Waals surface area contributed by atoms with Gasteiger partial charge in [0.05, 0.1) is 10.6 Å². The van der Waals surface area contributed by atoms with Crippen molar-refractivity contribution in [1.82, 2.24) is 4.90 Å². The number of hydrogen-bond acceptors (Lipinski definition) is 3. The molecule has 1 aliphatic rings. The summed E-state index contributed by atoms with van der Waals surface area (Å²) in [4.78, 5) is 2.93. The summed E-state index contributed by atoms with van der Waals surface area (Å²) < 4.78 is 24.5. The van der Waals surface area contributed by atoms with Gasteiger partial charge >= 0.3 is 0 Å². The second-order valence-electron chi connectivity index (χ2n) is 5.99. The van der Waals surface area contributed by atoms with Crippen LogP contribution in [-0.4, -0.2) is 38.2 Å². The minimum absolute atomic E-state index is 0.281. The van der Waals surface area contributed by atoms with E-state index < -0.39 is 9.84 Å². The maximum atomic E-state index is 12.2. The summed E-state index contributed by atoms with van der Waals surface area (Å²) in [5.41, 5.74) is 0. The number of piperidine rings is 1. The van der Waals surface area contributed by atoms with Crippen LogP contribution in [0.25, 0.3) is 0 Å². The summed E-state index contributed by atoms with van der Waals surface area (Å²) >= 11 is 0. The third kappa shape index (κ3) is 4.06. The Labute approximate surface area is 122 Å². The lowest BCUT2D eigenvalue weighted by Gasteiger charge is -2.34. The Balaban J connectivity index is 1.85. The molecular formula is C16H25NO2S. The molecule has 0 aliphatic carbocycles. The third-order valence-corrected chi connectivity index (χ3v) is 6.04. The number of hydrogen-bond donors (Lipinski definition) is 0. The van der Waals surface area contributed by atoms with Crippen molar-refractivity contribution in [2.24, 2.45) is 5.92 Å². The van der Waals surface area contributed by atoms with Crippen LogP contribution in [0.5, 0.6) is 0 Å². The zero-order valence-electron chi connectivity index (χ0n) is 12.5. The van der Waals surface area contributed by atoms with Crippen LogP contribution in [0.2, 0.25) is 0 Å². The van der Waals surface area contributed by atoms with Gasteiger partial charge in [-0.3, -0.25) is 0 Å². The first-order valence-corrected chi connectivity index (χ1v) is 9.16. The minimum atomic E-state index is -3.10. The van der Waals surface area contributed by atoms with E-state index in [-0.39, 0.29) is 5.75 Å². The summed E-state index contributed by atoms with van der Waals surface area (Å²) in [6.45, 7) is 6.65. The van der Waals surface area contributed by atoms with Crippen LogP contribution in [0.4, 0.5) is 0 Å². The van der Waals surface area contributed by atoms with Gasteiger partial charge < -0.3 is 4.90 Å². The summed E-state index contributed by atoms with van der Waals surface area (Å²) in [5, 5.41) is 0. The van der Waals surface area contributed by atoms with Gasteiger partial charge in [-0.05, 0) is 64.3 Å². The molecule has 1 heterocycles. The average Bonchev–Trinajstić information content (AvgIpc) is 2.46. The Morgan fingerprint density at radius 2 is 1.75 bits per heavy atom. The van der Waals surface area contributed by atoms with Crippen LogP contribution >= 0.6 is 0 Å². The average molecular weight is 295 g/mol. The van der Waals surface area contributed by atoms with Gasteiger partial charge in [0, 0.05) is 6.04 Å². The van der Waals surface area contributed by atoms with E-state index in [1.807, 2.05) is 6.07 Å². The largest absolute Gasteiger partial charge is 0.301 e. The van der Waals surface area contributed by atoms with Gasteiger partial charge in [-0.25, -0.2) is 8.42 Å². The molecule has 0 radical (unpaired) electrons. The monoisotopic (exact) mass is 295 g/mol. The van der Waals surface area contributed by atoms with Crippen molar-refractivity contribution in [3.8, 4) is 0 Å². The lowest BCUT2D eigenvalue weighted by Crippen LogP contribution is -2.38. The molecule has 1 aliphatic heterocycles. The molecule has 0 bridgehead atoms. The van der Waals surface area contributed by atoms with E-state index in [0.717, 1.165) is 32.4 Å². The SMILES string of the molecule is CC(C)N1CCC(CCS(=O)(=O)c2ccccc2)CC1. The predicted octanol–water partition coefficient (Wildman–Crippen LogP) is 2.97. The number of benzene rings is 1. The van der Waals surface area contributed by atoms with E-state index in [0.29, 0.717) is 16.9 Å². The van der Waals surface area contributed by atoms with Crippen LogP contribution in [0, 0.1) is 5.92 Å². The Morgan fingerprint density at radius 3 is 2.30 bits per heavy atom. The minimum Gasteiger partial charge on any atom is -0.301 e. The Morgan fingerprint density at radius 1 is 1.15 bits per heavy atom. The first-order valence-electron chi connectivity index (χ1n) is 7.51. The molecule has 0 saturated carbocycles. The summed E-state index contributed by atoms with van der Waals surface area (Å²) in [7, 11) is -3.10. The third-order valence-electron chi connectivity index (χ3n) is 4.28. The summed E-state index contributed by atoms with van der Waals surface area (Å²) in [6.07, 6.45) is 3.05. The fourth-order valence-electron chi connectivity index (χ4n) is 2.83. The van der Waals surface area contributed by atoms with Gasteiger partial charge in [-0.15, -0.1) is 0 Å². The van der Waals surface area contributed by atoms with Gasteiger partial charge in [-0.2, -0.15) is 0 Å². The summed E-state index contributed by atoms with van der Waals surface area (Å²) in [5.74, 6) is 0.840. The molecule has 0 atom stereocenters. The number of nitrogens with zero attached hydrogens (tertiary/aromatic N) is 1. The molecular weight excluding hydrogens is 270 g/mol. The van der Waals surface area contributed by atoms with E-state index in [1.165, 1.54) is 0 Å². The van der Waals surface area contributed by atoms with E-state index in [4.69, 9.17) is 0 Å². The fraction of sp³-hybridized carbons (Fsp3) is 0.625. The van der Waals surface area contributed by atoms with Crippen LogP contribution in [0.15, 0.2) is 35.2 Å². The lowest BCUT2D eigenvalue weighted by atomic mass is 9.94. The van der Waals surface area contributed by atoms with Crippen molar-refractivity contribution in [3.63, 3.8) is 0 Å². The zero-order valence-corrected chi connectivity index (χ0v) is 13.3. The Hall–Kier alpha value is -0.870. The molecule has 2 rings (SSSR count). The molecule has 1 fully saturated rings. The molecule has 0 amide bonds. The Bertz CT molecular complexity index is 503. The van der Waals surface area contributed by atoms with Crippen LogP contribution in [0.1, 0.15) is 33.1 Å². The highest BCUT2D eigenvalue weighted by Gasteiger charge is 2.23. The molecule has 4 heteroatoms. The lowest BCUT2D eigenvalue weighted by molar-refractivity contribution is 0.148. The molecule has 0 aromatic heterocycles. The van der Waals surface area contributed by atoms with Crippen LogP contribution < -0.4 is 0 Å². The van der Waals surface area contributed by atoms with Crippen molar-refractivity contribution in [2.75, 3.05) is 18.8 Å². The van der Waals surface area contributed by atoms with Crippen molar-refractivity contribution in [3.05, 3.63) is 30.3 Å². The van der Waals surface area contributed by atoms with Crippen LogP contribution in [-0.2, 0) is 9.84 Å². The van der Waals surface area contributed by atoms with Gasteiger partial charge in [0.25, 0.3) is 0 Å². The number of rotatable bonds is 5. The van der Waals surface area contributed by atoms with Crippen molar-refractivity contribution in [1.29, 1.82) is 0 Å². The molecule has 20 heavy (non-hydrogen) atoms. The highest BCUT2D eigenvalue weighted by molar-refractivity contribution is 7.91. The maximum Gasteiger partial charge on any atom is 0.178 e. The summed E-state index contributed by atoms with van der Waals surface area (Å²) in [6, 6.07) is 9.40. The van der Waals surface area contributed by atoms with Crippen LogP contribution in [0.3, 0.4) is 0 Å². The normalized spacial score (nSPS) is 18.6. The van der Waals surface area contributed by atoms with Gasteiger partial charge in [-0.1, -0.05) is 18.2 Å². The molecule has 3 nitrogen and oxygen atoms in total. The first kappa shape index (κ1) is 15.5. The predicted molar refractivity (Wildman–Crippen MR) is 82.5 cm³/mol. The molecule has 0 N–H and O–H groups in total. The fourth-order valence-corrected chi connectivity index (χ4v) is 4.28. The molecule has 1 aromatic rings. The van der Waals surface area contributed by atoms with E-state index in [1.54, 1.807) is 24.3 Å². The smallest absolute Gasteiger partial charge is 0.178 e. The quantitative estimate of drug-likeness (QED) is 0.838. The first-order chi connectivity index (χ1) is 9.49. The van der Waals surface area contributed by atoms with Gasteiger partial charge in [0.15, 0.2) is 9.84 Å². The van der Waals surface area contributed by atoms with E-state index >= 15 is 0 Å². The second-order valence-corrected chi connectivity index (χ2v) is 8.10. The molecule has 112 valence electrons. The topological polar surface area (TPSA) is 37.4 Å². The molecule has 1 saturated heterocycles. The van der Waals surface area contributed by atoms with Gasteiger partial charge in [0.1, 0.15) is 0 Å². The highest BCUT2D eigenvalue weighted by Crippen LogP contribution is 2.23.